The summed E-state index contributed by atoms with van der Waals surface area (Å²) in [6.07, 6.45) is 14.3. The highest BCUT2D eigenvalue weighted by Gasteiger charge is 2.37. The van der Waals surface area contributed by atoms with Crippen LogP contribution in [0.2, 0.25) is 0 Å². The van der Waals surface area contributed by atoms with E-state index in [1.807, 2.05) is 0 Å². The molecule has 3 fully saturated rings. The topological polar surface area (TPSA) is 20.3 Å². The summed E-state index contributed by atoms with van der Waals surface area (Å²) in [5, 5.41) is 0. The molecule has 1 atom stereocenters. The summed E-state index contributed by atoms with van der Waals surface area (Å²) in [6, 6.07) is 0. The molecule has 0 aromatic rings. The number of Topliss-reactive ketones (excluding diaryl/α,β-unsaturated/α-hetero) is 1. The second-order valence-corrected chi connectivity index (χ2v) is 7.27. The van der Waals surface area contributed by atoms with Gasteiger partial charge < -0.3 is 4.90 Å². The lowest BCUT2D eigenvalue weighted by Gasteiger charge is -2.40. The van der Waals surface area contributed by atoms with Crippen LogP contribution < -0.4 is 0 Å². The molecule has 0 aromatic heterocycles. The van der Waals surface area contributed by atoms with Crippen molar-refractivity contribution >= 4 is 5.78 Å². The molecule has 2 heteroatoms. The van der Waals surface area contributed by atoms with Gasteiger partial charge in [-0.05, 0) is 57.0 Å². The van der Waals surface area contributed by atoms with Gasteiger partial charge in [-0.3, -0.25) is 4.79 Å². The van der Waals surface area contributed by atoms with Crippen LogP contribution in [-0.4, -0.2) is 30.3 Å². The number of rotatable bonds is 2. The first-order valence-corrected chi connectivity index (χ1v) is 8.53. The maximum absolute atomic E-state index is 12.1. The van der Waals surface area contributed by atoms with Gasteiger partial charge in [0.15, 0.2) is 0 Å². The van der Waals surface area contributed by atoms with Crippen molar-refractivity contribution in [3.05, 3.63) is 0 Å². The third kappa shape index (κ3) is 3.21. The molecule has 2 aliphatic carbocycles. The molecular formula is C17H29NO. The zero-order valence-electron chi connectivity index (χ0n) is 12.3. The Morgan fingerprint density at radius 3 is 2.42 bits per heavy atom. The van der Waals surface area contributed by atoms with Crippen molar-refractivity contribution in [3.63, 3.8) is 0 Å². The molecule has 1 aliphatic heterocycles. The van der Waals surface area contributed by atoms with Crippen LogP contribution in [0.1, 0.15) is 70.6 Å². The highest BCUT2D eigenvalue weighted by atomic mass is 16.1. The minimum atomic E-state index is 0.361. The minimum Gasteiger partial charge on any atom is -0.303 e. The molecule has 1 spiro atoms. The molecule has 3 rings (SSSR count). The summed E-state index contributed by atoms with van der Waals surface area (Å²) in [5.74, 6) is 0.916. The molecule has 2 saturated carbocycles. The summed E-state index contributed by atoms with van der Waals surface area (Å²) in [5.41, 5.74) is 0.712. The molecule has 2 nitrogen and oxygen atoms in total. The summed E-state index contributed by atoms with van der Waals surface area (Å²) in [6.45, 7) is 3.57. The fourth-order valence-electron chi connectivity index (χ4n) is 4.57. The lowest BCUT2D eigenvalue weighted by atomic mass is 9.77. The minimum absolute atomic E-state index is 0.361. The van der Waals surface area contributed by atoms with Gasteiger partial charge in [0.25, 0.3) is 0 Å². The van der Waals surface area contributed by atoms with Crippen LogP contribution in [0.5, 0.6) is 0 Å². The zero-order chi connectivity index (χ0) is 13.1. The van der Waals surface area contributed by atoms with Gasteiger partial charge >= 0.3 is 0 Å². The van der Waals surface area contributed by atoms with Gasteiger partial charge in [0.1, 0.15) is 5.78 Å². The van der Waals surface area contributed by atoms with Crippen molar-refractivity contribution < 1.29 is 4.79 Å². The van der Waals surface area contributed by atoms with Gasteiger partial charge in [0.2, 0.25) is 0 Å². The van der Waals surface area contributed by atoms with Gasteiger partial charge in [-0.15, -0.1) is 0 Å². The van der Waals surface area contributed by atoms with Crippen molar-refractivity contribution in [2.45, 2.75) is 70.6 Å². The fraction of sp³-hybridized carbons (Fsp3) is 0.941. The number of piperidine rings is 1. The van der Waals surface area contributed by atoms with E-state index in [1.54, 1.807) is 0 Å². The quantitative estimate of drug-likeness (QED) is 0.706. The number of hydrogen-bond donors (Lipinski definition) is 0. The molecule has 19 heavy (non-hydrogen) atoms. The van der Waals surface area contributed by atoms with Gasteiger partial charge in [-0.25, -0.2) is 0 Å². The van der Waals surface area contributed by atoms with Gasteiger partial charge in [0, 0.05) is 18.9 Å². The standard InChI is InChI=1S/C17H29NO/c19-16-7-3-1-2-6-15(16)14-18-12-10-17(11-13-18)8-4-5-9-17/h15H,1-14H2. The third-order valence-corrected chi connectivity index (χ3v) is 5.99. The predicted octanol–water partition coefficient (Wildman–Crippen LogP) is 3.79. The van der Waals surface area contributed by atoms with Crippen LogP contribution in [0.15, 0.2) is 0 Å². The van der Waals surface area contributed by atoms with Gasteiger partial charge in [-0.1, -0.05) is 25.7 Å². The molecule has 0 radical (unpaired) electrons. The average Bonchev–Trinajstić information content (AvgIpc) is 2.78. The van der Waals surface area contributed by atoms with E-state index in [0.717, 1.165) is 25.8 Å². The molecule has 1 saturated heterocycles. The van der Waals surface area contributed by atoms with Crippen LogP contribution >= 0.6 is 0 Å². The SMILES string of the molecule is O=C1CCCCCC1CN1CCC2(CCCC2)CC1. The largest absolute Gasteiger partial charge is 0.303 e. The second kappa shape index (κ2) is 5.95. The first-order chi connectivity index (χ1) is 9.27. The summed E-state index contributed by atoms with van der Waals surface area (Å²) in [4.78, 5) is 14.7. The van der Waals surface area contributed by atoms with Crippen molar-refractivity contribution in [3.8, 4) is 0 Å². The monoisotopic (exact) mass is 263 g/mol. The molecule has 0 amide bonds. The number of nitrogens with zero attached hydrogens (tertiary/aromatic N) is 1. The van der Waals surface area contributed by atoms with Crippen LogP contribution in [0.25, 0.3) is 0 Å². The van der Waals surface area contributed by atoms with Crippen molar-refractivity contribution in [2.24, 2.45) is 11.3 Å². The maximum atomic E-state index is 12.1. The number of likely N-dealkylation sites (tertiary alicyclic amines) is 1. The fourth-order valence-corrected chi connectivity index (χ4v) is 4.57. The Bertz CT molecular complexity index is 309. The molecule has 108 valence electrons. The second-order valence-electron chi connectivity index (χ2n) is 7.27. The average molecular weight is 263 g/mol. The Labute approximate surface area is 117 Å². The van der Waals surface area contributed by atoms with Crippen molar-refractivity contribution in [1.82, 2.24) is 4.90 Å². The lowest BCUT2D eigenvalue weighted by Crippen LogP contribution is -2.42. The molecule has 0 bridgehead atoms. The summed E-state index contributed by atoms with van der Waals surface area (Å²) in [7, 11) is 0. The number of hydrogen-bond acceptors (Lipinski definition) is 2. The van der Waals surface area contributed by atoms with E-state index in [-0.39, 0.29) is 0 Å². The first kappa shape index (κ1) is 13.6. The van der Waals surface area contributed by atoms with Crippen LogP contribution in [0.4, 0.5) is 0 Å². The Morgan fingerprint density at radius 1 is 0.947 bits per heavy atom. The highest BCUT2D eigenvalue weighted by Crippen LogP contribution is 2.46. The highest BCUT2D eigenvalue weighted by molar-refractivity contribution is 5.81. The molecule has 0 N–H and O–H groups in total. The smallest absolute Gasteiger partial charge is 0.137 e. The van der Waals surface area contributed by atoms with E-state index >= 15 is 0 Å². The Kier molecular flexibility index (Phi) is 4.26. The van der Waals surface area contributed by atoms with Gasteiger partial charge in [-0.2, -0.15) is 0 Å². The maximum Gasteiger partial charge on any atom is 0.137 e. The van der Waals surface area contributed by atoms with Crippen molar-refractivity contribution in [1.29, 1.82) is 0 Å². The predicted molar refractivity (Wildman–Crippen MR) is 78.2 cm³/mol. The van der Waals surface area contributed by atoms with Crippen LogP contribution in [0, 0.1) is 11.3 Å². The van der Waals surface area contributed by atoms with E-state index in [1.165, 1.54) is 64.5 Å². The Morgan fingerprint density at radius 2 is 1.68 bits per heavy atom. The van der Waals surface area contributed by atoms with Crippen molar-refractivity contribution in [2.75, 3.05) is 19.6 Å². The Hall–Kier alpha value is -0.370. The normalized spacial score (nSPS) is 32.6. The van der Waals surface area contributed by atoms with Crippen LogP contribution in [-0.2, 0) is 4.79 Å². The number of carbonyl (C=O) groups excluding carboxylic acids is 1. The van der Waals surface area contributed by atoms with E-state index in [4.69, 9.17) is 0 Å². The van der Waals surface area contributed by atoms with Gasteiger partial charge in [0.05, 0.1) is 0 Å². The van der Waals surface area contributed by atoms with E-state index in [9.17, 15) is 4.79 Å². The number of carbonyl (C=O) groups is 1. The molecule has 1 heterocycles. The summed E-state index contributed by atoms with van der Waals surface area (Å²) < 4.78 is 0. The zero-order valence-corrected chi connectivity index (χ0v) is 12.3. The van der Waals surface area contributed by atoms with E-state index < -0.39 is 0 Å². The third-order valence-electron chi connectivity index (χ3n) is 5.99. The molecule has 1 unspecified atom stereocenters. The Balaban J connectivity index is 1.49. The summed E-state index contributed by atoms with van der Waals surface area (Å²) >= 11 is 0. The molecule has 3 aliphatic rings. The molecule has 0 aromatic carbocycles. The van der Waals surface area contributed by atoms with E-state index in [2.05, 4.69) is 4.90 Å². The number of ketones is 1. The lowest BCUT2D eigenvalue weighted by molar-refractivity contribution is -0.123. The first-order valence-electron chi connectivity index (χ1n) is 8.53. The van der Waals surface area contributed by atoms with Crippen LogP contribution in [0.3, 0.4) is 0 Å². The van der Waals surface area contributed by atoms with E-state index in [0.29, 0.717) is 17.1 Å². The molecular weight excluding hydrogens is 234 g/mol.